The number of amides is 1. The van der Waals surface area contributed by atoms with Gasteiger partial charge in [-0.1, -0.05) is 18.2 Å². The molecule has 5 nitrogen and oxygen atoms in total. The molecule has 0 saturated heterocycles. The van der Waals surface area contributed by atoms with Crippen molar-refractivity contribution < 1.29 is 14.6 Å². The number of nitrogens with zero attached hydrogens (tertiary/aromatic N) is 1. The van der Waals surface area contributed by atoms with Gasteiger partial charge in [0.25, 0.3) is 0 Å². The van der Waals surface area contributed by atoms with E-state index in [9.17, 15) is 4.79 Å². The third-order valence-corrected chi connectivity index (χ3v) is 3.49. The second-order valence-electron chi connectivity index (χ2n) is 5.15. The molecule has 0 saturated carbocycles. The Balaban J connectivity index is 1.63. The molecule has 5 heteroatoms. The van der Waals surface area contributed by atoms with Crippen LogP contribution in [0.3, 0.4) is 0 Å². The van der Waals surface area contributed by atoms with Gasteiger partial charge in [-0.15, -0.1) is 0 Å². The van der Waals surface area contributed by atoms with E-state index in [1.54, 1.807) is 24.3 Å². The number of hydrogen-bond acceptors (Lipinski definition) is 3. The Morgan fingerprint density at radius 3 is 2.65 bits per heavy atom. The maximum absolute atomic E-state index is 12.2. The fourth-order valence-electron chi connectivity index (χ4n) is 2.43. The van der Waals surface area contributed by atoms with Crippen molar-refractivity contribution in [2.24, 2.45) is 0 Å². The van der Waals surface area contributed by atoms with Gasteiger partial charge < -0.3 is 19.7 Å². The first-order valence-electron chi connectivity index (χ1n) is 7.44. The minimum absolute atomic E-state index is 0.0245. The third kappa shape index (κ3) is 3.70. The molecule has 0 aliphatic rings. The van der Waals surface area contributed by atoms with Crippen molar-refractivity contribution in [3.8, 4) is 5.75 Å². The van der Waals surface area contributed by atoms with E-state index in [0.717, 1.165) is 10.9 Å². The SMILES string of the molecule is O=C(Cn1ccc2ccccc21)Nc1ccc(OCCO)cc1. The van der Waals surface area contributed by atoms with E-state index in [0.29, 0.717) is 11.4 Å². The fourth-order valence-corrected chi connectivity index (χ4v) is 2.43. The topological polar surface area (TPSA) is 63.5 Å². The Morgan fingerprint density at radius 1 is 1.09 bits per heavy atom. The predicted octanol–water partition coefficient (Wildman–Crippen LogP) is 2.65. The summed E-state index contributed by atoms with van der Waals surface area (Å²) in [5.41, 5.74) is 1.75. The highest BCUT2D eigenvalue weighted by molar-refractivity contribution is 5.92. The standard InChI is InChI=1S/C18H18N2O3/c21-11-12-23-16-7-5-15(6-8-16)19-18(22)13-20-10-9-14-3-1-2-4-17(14)20/h1-10,21H,11-13H2,(H,19,22). The largest absolute Gasteiger partial charge is 0.491 e. The number of carbonyl (C=O) groups excluding carboxylic acids is 1. The van der Waals surface area contributed by atoms with Gasteiger partial charge in [0.1, 0.15) is 18.9 Å². The number of anilines is 1. The second-order valence-corrected chi connectivity index (χ2v) is 5.15. The molecule has 3 rings (SSSR count). The van der Waals surface area contributed by atoms with E-state index in [2.05, 4.69) is 5.32 Å². The van der Waals surface area contributed by atoms with Gasteiger partial charge in [-0.25, -0.2) is 0 Å². The maximum Gasteiger partial charge on any atom is 0.244 e. The van der Waals surface area contributed by atoms with Gasteiger partial charge in [0.15, 0.2) is 0 Å². The fraction of sp³-hybridized carbons (Fsp3) is 0.167. The van der Waals surface area contributed by atoms with Crippen LogP contribution in [-0.2, 0) is 11.3 Å². The molecular weight excluding hydrogens is 292 g/mol. The highest BCUT2D eigenvalue weighted by atomic mass is 16.5. The van der Waals surface area contributed by atoms with Crippen LogP contribution < -0.4 is 10.1 Å². The monoisotopic (exact) mass is 310 g/mol. The zero-order valence-corrected chi connectivity index (χ0v) is 12.6. The number of ether oxygens (including phenoxy) is 1. The number of nitrogens with one attached hydrogen (secondary N) is 1. The summed E-state index contributed by atoms with van der Waals surface area (Å²) in [5.74, 6) is 0.573. The van der Waals surface area contributed by atoms with Gasteiger partial charge in [-0.2, -0.15) is 0 Å². The van der Waals surface area contributed by atoms with Crippen LogP contribution in [0, 0.1) is 0 Å². The minimum Gasteiger partial charge on any atom is -0.491 e. The highest BCUT2D eigenvalue weighted by Crippen LogP contribution is 2.17. The Morgan fingerprint density at radius 2 is 1.87 bits per heavy atom. The number of carbonyl (C=O) groups is 1. The molecule has 0 spiro atoms. The van der Waals surface area contributed by atoms with Crippen molar-refractivity contribution in [1.29, 1.82) is 0 Å². The Hall–Kier alpha value is -2.79. The van der Waals surface area contributed by atoms with Crippen molar-refractivity contribution in [2.75, 3.05) is 18.5 Å². The molecular formula is C18H18N2O3. The number of aliphatic hydroxyl groups is 1. The minimum atomic E-state index is -0.0876. The first kappa shape index (κ1) is 15.1. The van der Waals surface area contributed by atoms with Crippen molar-refractivity contribution in [3.63, 3.8) is 0 Å². The molecule has 0 bridgehead atoms. The van der Waals surface area contributed by atoms with E-state index in [-0.39, 0.29) is 25.7 Å². The summed E-state index contributed by atoms with van der Waals surface area (Å²) in [6, 6.07) is 17.0. The molecule has 0 aliphatic heterocycles. The van der Waals surface area contributed by atoms with E-state index >= 15 is 0 Å². The van der Waals surface area contributed by atoms with Crippen molar-refractivity contribution in [2.45, 2.75) is 6.54 Å². The average molecular weight is 310 g/mol. The second kappa shape index (κ2) is 6.98. The van der Waals surface area contributed by atoms with Gasteiger partial charge in [0, 0.05) is 17.4 Å². The Kier molecular flexibility index (Phi) is 4.59. The lowest BCUT2D eigenvalue weighted by molar-refractivity contribution is -0.116. The van der Waals surface area contributed by atoms with Crippen LogP contribution in [0.15, 0.2) is 60.8 Å². The number of para-hydroxylation sites is 1. The normalized spacial score (nSPS) is 10.7. The van der Waals surface area contributed by atoms with Gasteiger partial charge in [-0.05, 0) is 41.8 Å². The van der Waals surface area contributed by atoms with Crippen molar-refractivity contribution in [1.82, 2.24) is 4.57 Å². The molecule has 1 heterocycles. The Bertz CT molecular complexity index is 793. The summed E-state index contributed by atoms with van der Waals surface area (Å²) < 4.78 is 7.20. The summed E-state index contributed by atoms with van der Waals surface area (Å²) >= 11 is 0. The molecule has 118 valence electrons. The summed E-state index contributed by atoms with van der Waals surface area (Å²) in [7, 11) is 0. The van der Waals surface area contributed by atoms with Gasteiger partial charge in [0.2, 0.25) is 5.91 Å². The molecule has 1 aromatic heterocycles. The lowest BCUT2D eigenvalue weighted by Gasteiger charge is -2.09. The maximum atomic E-state index is 12.2. The number of hydrogen-bond donors (Lipinski definition) is 2. The molecule has 2 aromatic carbocycles. The number of aromatic nitrogens is 1. The van der Waals surface area contributed by atoms with Crippen LogP contribution in [0.25, 0.3) is 10.9 Å². The molecule has 23 heavy (non-hydrogen) atoms. The van der Waals surface area contributed by atoms with Crippen LogP contribution in [0.1, 0.15) is 0 Å². The average Bonchev–Trinajstić information content (AvgIpc) is 2.97. The van der Waals surface area contributed by atoms with E-state index < -0.39 is 0 Å². The highest BCUT2D eigenvalue weighted by Gasteiger charge is 2.06. The summed E-state index contributed by atoms with van der Waals surface area (Å²) in [6.07, 6.45) is 1.91. The summed E-state index contributed by atoms with van der Waals surface area (Å²) in [5, 5.41) is 12.7. The third-order valence-electron chi connectivity index (χ3n) is 3.49. The molecule has 0 atom stereocenters. The van der Waals surface area contributed by atoms with Crippen LogP contribution in [-0.4, -0.2) is 28.8 Å². The van der Waals surface area contributed by atoms with E-state index in [4.69, 9.17) is 9.84 Å². The number of aliphatic hydroxyl groups excluding tert-OH is 1. The zero-order chi connectivity index (χ0) is 16.1. The predicted molar refractivity (Wildman–Crippen MR) is 89.6 cm³/mol. The first-order valence-corrected chi connectivity index (χ1v) is 7.44. The van der Waals surface area contributed by atoms with Gasteiger partial charge in [-0.3, -0.25) is 4.79 Å². The number of rotatable bonds is 6. The quantitative estimate of drug-likeness (QED) is 0.736. The number of fused-ring (bicyclic) bond motifs is 1. The van der Waals surface area contributed by atoms with Crippen LogP contribution in [0.4, 0.5) is 5.69 Å². The lowest BCUT2D eigenvalue weighted by atomic mass is 10.2. The van der Waals surface area contributed by atoms with Crippen LogP contribution in [0.2, 0.25) is 0 Å². The molecule has 3 aromatic rings. The van der Waals surface area contributed by atoms with Gasteiger partial charge in [0.05, 0.1) is 6.61 Å². The first-order chi connectivity index (χ1) is 11.3. The zero-order valence-electron chi connectivity index (χ0n) is 12.6. The number of benzene rings is 2. The molecule has 0 fully saturated rings. The smallest absolute Gasteiger partial charge is 0.244 e. The van der Waals surface area contributed by atoms with Crippen LogP contribution >= 0.6 is 0 Å². The summed E-state index contributed by atoms with van der Waals surface area (Å²) in [6.45, 7) is 0.492. The molecule has 0 radical (unpaired) electrons. The summed E-state index contributed by atoms with van der Waals surface area (Å²) in [4.78, 5) is 12.2. The molecule has 2 N–H and O–H groups in total. The molecule has 0 unspecified atom stereocenters. The lowest BCUT2D eigenvalue weighted by Crippen LogP contribution is -2.18. The van der Waals surface area contributed by atoms with Gasteiger partial charge >= 0.3 is 0 Å². The van der Waals surface area contributed by atoms with Crippen molar-refractivity contribution >= 4 is 22.5 Å². The van der Waals surface area contributed by atoms with Crippen molar-refractivity contribution in [3.05, 3.63) is 60.8 Å². The van der Waals surface area contributed by atoms with Crippen LogP contribution in [0.5, 0.6) is 5.75 Å². The Labute approximate surface area is 134 Å². The van der Waals surface area contributed by atoms with E-state index in [1.807, 2.05) is 41.1 Å². The molecule has 1 amide bonds. The van der Waals surface area contributed by atoms with E-state index in [1.165, 1.54) is 0 Å². The molecule has 0 aliphatic carbocycles.